The maximum Gasteiger partial charge on any atom is 0.173 e. The summed E-state index contributed by atoms with van der Waals surface area (Å²) in [5.41, 5.74) is 1.77. The Morgan fingerprint density at radius 2 is 1.79 bits per heavy atom. The van der Waals surface area contributed by atoms with Crippen LogP contribution < -0.4 is 0 Å². The van der Waals surface area contributed by atoms with Gasteiger partial charge < -0.3 is 5.41 Å². The first kappa shape index (κ1) is 17.0. The monoisotopic (exact) mass is 259 g/mol. The molecule has 0 aliphatic heterocycles. The molecule has 0 aromatic carbocycles. The van der Waals surface area contributed by atoms with Crippen molar-refractivity contribution in [3.8, 4) is 0 Å². The molecule has 0 aliphatic carbocycles. The maximum atomic E-state index is 11.7. The Balaban J connectivity index is 5.06. The Morgan fingerprint density at radius 1 is 1.16 bits per heavy atom. The van der Waals surface area contributed by atoms with Crippen LogP contribution in [0.2, 0.25) is 0 Å². The van der Waals surface area contributed by atoms with E-state index in [9.17, 15) is 9.59 Å². The summed E-state index contributed by atoms with van der Waals surface area (Å²) in [6.45, 7) is 10.8. The molecule has 3 nitrogen and oxygen atoms in total. The van der Waals surface area contributed by atoms with Crippen molar-refractivity contribution in [2.75, 3.05) is 0 Å². The first-order valence-electron chi connectivity index (χ1n) is 6.13. The molecule has 19 heavy (non-hydrogen) atoms. The topological polar surface area (TPSA) is 58.0 Å². The Kier molecular flexibility index (Phi) is 8.02. The molecule has 102 valence electrons. The molecule has 3 heteroatoms. The van der Waals surface area contributed by atoms with Gasteiger partial charge in [0, 0.05) is 12.3 Å². The van der Waals surface area contributed by atoms with Gasteiger partial charge in [-0.2, -0.15) is 0 Å². The van der Waals surface area contributed by atoms with Gasteiger partial charge in [-0.15, -0.1) is 0 Å². The second kappa shape index (κ2) is 8.97. The Morgan fingerprint density at radius 3 is 2.21 bits per heavy atom. The zero-order valence-electron chi connectivity index (χ0n) is 11.6. The van der Waals surface area contributed by atoms with Crippen molar-refractivity contribution in [2.45, 2.75) is 26.7 Å². The van der Waals surface area contributed by atoms with Crippen molar-refractivity contribution in [2.24, 2.45) is 5.92 Å². The van der Waals surface area contributed by atoms with Crippen LogP contribution in [0.5, 0.6) is 0 Å². The van der Waals surface area contributed by atoms with Crippen LogP contribution >= 0.6 is 0 Å². The number of ketones is 2. The fourth-order valence-corrected chi connectivity index (χ4v) is 1.59. The Bertz CT molecular complexity index is 442. The second-order valence-electron chi connectivity index (χ2n) is 4.30. The van der Waals surface area contributed by atoms with Crippen LogP contribution in [0, 0.1) is 11.3 Å². The van der Waals surface area contributed by atoms with Crippen LogP contribution in [0.25, 0.3) is 0 Å². The average Bonchev–Trinajstić information content (AvgIpc) is 2.40. The van der Waals surface area contributed by atoms with E-state index < -0.39 is 0 Å². The van der Waals surface area contributed by atoms with Gasteiger partial charge in [0.05, 0.1) is 6.21 Å². The number of hydrogen-bond donors (Lipinski definition) is 1. The molecule has 0 aromatic rings. The summed E-state index contributed by atoms with van der Waals surface area (Å²) >= 11 is 0. The van der Waals surface area contributed by atoms with Gasteiger partial charge in [-0.05, 0) is 25.8 Å². The van der Waals surface area contributed by atoms with E-state index in [1.807, 2.05) is 19.1 Å². The molecule has 0 amide bonds. The number of carbonyl (C=O) groups is 2. The highest BCUT2D eigenvalue weighted by Gasteiger charge is 2.17. The van der Waals surface area contributed by atoms with Crippen molar-refractivity contribution in [1.29, 1.82) is 5.41 Å². The molecule has 0 bridgehead atoms. The van der Waals surface area contributed by atoms with E-state index in [0.717, 1.165) is 17.4 Å². The number of Topliss-reactive ketones (excluding diaryl/α,β-unsaturated/α-hetero) is 2. The summed E-state index contributed by atoms with van der Waals surface area (Å²) in [5.74, 6) is -0.628. The first-order chi connectivity index (χ1) is 8.96. The molecule has 0 rings (SSSR count). The van der Waals surface area contributed by atoms with Crippen LogP contribution in [0.1, 0.15) is 26.7 Å². The van der Waals surface area contributed by atoms with Crippen molar-refractivity contribution in [3.05, 3.63) is 48.6 Å². The van der Waals surface area contributed by atoms with Gasteiger partial charge in [0.1, 0.15) is 5.78 Å². The predicted octanol–water partition coefficient (Wildman–Crippen LogP) is 3.44. The second-order valence-corrected chi connectivity index (χ2v) is 4.30. The molecule has 0 aromatic heterocycles. The third-order valence-electron chi connectivity index (χ3n) is 2.83. The summed E-state index contributed by atoms with van der Waals surface area (Å²) in [6.07, 6.45) is 8.43. The highest BCUT2D eigenvalue weighted by molar-refractivity contribution is 6.26. The van der Waals surface area contributed by atoms with E-state index in [1.54, 1.807) is 12.2 Å². The quantitative estimate of drug-likeness (QED) is 0.509. The number of rotatable bonds is 9. The third-order valence-corrected chi connectivity index (χ3v) is 2.83. The molecular formula is C16H21NO2. The largest absolute Gasteiger partial charge is 0.305 e. The summed E-state index contributed by atoms with van der Waals surface area (Å²) in [5, 5.41) is 6.86. The van der Waals surface area contributed by atoms with E-state index >= 15 is 0 Å². The molecule has 0 aliphatic rings. The molecule has 0 fully saturated rings. The normalized spacial score (nSPS) is 13.6. The molecule has 1 N–H and O–H groups in total. The minimum Gasteiger partial charge on any atom is -0.305 e. The zero-order valence-corrected chi connectivity index (χ0v) is 11.6. The minimum absolute atomic E-state index is 0.00594. The number of carbonyl (C=O) groups excluding carboxylic acids is 2. The highest BCUT2D eigenvalue weighted by Crippen LogP contribution is 2.20. The van der Waals surface area contributed by atoms with Crippen molar-refractivity contribution < 1.29 is 9.59 Å². The molecule has 0 radical (unpaired) electrons. The molecule has 0 saturated heterocycles. The summed E-state index contributed by atoms with van der Waals surface area (Å²) in [7, 11) is 0. The van der Waals surface area contributed by atoms with E-state index in [2.05, 4.69) is 13.2 Å². The summed E-state index contributed by atoms with van der Waals surface area (Å²) in [4.78, 5) is 22.8. The Hall–Kier alpha value is -2.03. The van der Waals surface area contributed by atoms with Crippen LogP contribution in [-0.4, -0.2) is 17.8 Å². The van der Waals surface area contributed by atoms with Crippen LogP contribution in [0.4, 0.5) is 0 Å². The molecule has 0 heterocycles. The van der Waals surface area contributed by atoms with Crippen LogP contribution in [-0.2, 0) is 9.59 Å². The van der Waals surface area contributed by atoms with Gasteiger partial charge in [-0.25, -0.2) is 0 Å². The molecule has 1 unspecified atom stereocenters. The van der Waals surface area contributed by atoms with E-state index in [-0.39, 0.29) is 23.9 Å². The zero-order chi connectivity index (χ0) is 14.8. The van der Waals surface area contributed by atoms with Gasteiger partial charge in [0.15, 0.2) is 5.78 Å². The lowest BCUT2D eigenvalue weighted by Gasteiger charge is -2.14. The predicted molar refractivity (Wildman–Crippen MR) is 79.4 cm³/mol. The van der Waals surface area contributed by atoms with Crippen molar-refractivity contribution in [1.82, 2.24) is 0 Å². The lowest BCUT2D eigenvalue weighted by molar-refractivity contribution is -0.120. The first-order valence-corrected chi connectivity index (χ1v) is 6.13. The fourth-order valence-electron chi connectivity index (χ4n) is 1.59. The lowest BCUT2D eigenvalue weighted by Crippen LogP contribution is -2.15. The summed E-state index contributed by atoms with van der Waals surface area (Å²) in [6, 6.07) is 0. The molecule has 0 saturated carbocycles. The van der Waals surface area contributed by atoms with Gasteiger partial charge in [-0.3, -0.25) is 9.59 Å². The fraction of sp³-hybridized carbons (Fsp3) is 0.312. The lowest BCUT2D eigenvalue weighted by atomic mass is 9.89. The minimum atomic E-state index is -0.352. The smallest absolute Gasteiger partial charge is 0.173 e. The van der Waals surface area contributed by atoms with Crippen LogP contribution in [0.3, 0.4) is 0 Å². The van der Waals surface area contributed by atoms with Gasteiger partial charge in [0.2, 0.25) is 0 Å². The Labute approximate surface area is 114 Å². The maximum absolute atomic E-state index is 11.7. The average molecular weight is 259 g/mol. The van der Waals surface area contributed by atoms with Crippen molar-refractivity contribution in [3.63, 3.8) is 0 Å². The van der Waals surface area contributed by atoms with Crippen molar-refractivity contribution >= 4 is 17.8 Å². The van der Waals surface area contributed by atoms with Crippen LogP contribution in [0.15, 0.2) is 48.6 Å². The van der Waals surface area contributed by atoms with Gasteiger partial charge in [0.25, 0.3) is 0 Å². The van der Waals surface area contributed by atoms with Gasteiger partial charge >= 0.3 is 0 Å². The van der Waals surface area contributed by atoms with E-state index in [0.29, 0.717) is 6.42 Å². The van der Waals surface area contributed by atoms with E-state index in [4.69, 9.17) is 5.41 Å². The molecule has 0 spiro atoms. The number of hydrogen-bond acceptors (Lipinski definition) is 3. The molecule has 1 atom stereocenters. The standard InChI is InChI=1S/C16H21NO2/c1-5-12(3)7-8-14(6-2)16(13(4)18)10-9-15(19)11-17/h5-8,11,16-17H,1-2,9-10H2,3-4H3/b12-7-,14-8+,17-11?. The van der Waals surface area contributed by atoms with Gasteiger partial charge in [-0.1, -0.05) is 43.0 Å². The molecular weight excluding hydrogens is 238 g/mol. The number of nitrogens with one attached hydrogen (secondary N) is 1. The highest BCUT2D eigenvalue weighted by atomic mass is 16.1. The van der Waals surface area contributed by atoms with E-state index in [1.165, 1.54) is 6.92 Å². The number of allylic oxidation sites excluding steroid dienone is 6. The SMILES string of the molecule is C=C/C(C)=C\C=C(/C=C)C(CCC(=O)C=N)C(C)=O. The third kappa shape index (κ3) is 6.46. The summed E-state index contributed by atoms with van der Waals surface area (Å²) < 4.78 is 0.